The van der Waals surface area contributed by atoms with E-state index in [2.05, 4.69) is 17.5 Å². The van der Waals surface area contributed by atoms with Gasteiger partial charge >= 0.3 is 5.97 Å². The number of methoxy groups -OCH3 is 1. The molecule has 0 aromatic heterocycles. The molecule has 0 aliphatic carbocycles. The second-order valence-electron chi connectivity index (χ2n) is 15.9. The zero-order valence-corrected chi connectivity index (χ0v) is 33.9. The minimum atomic E-state index is -1.18. The lowest BCUT2D eigenvalue weighted by molar-refractivity contribution is -0.295. The molecule has 11 heteroatoms. The minimum Gasteiger partial charge on any atom is -0.459 e. The largest absolute Gasteiger partial charge is 0.459 e. The number of carbonyl (C=O) groups excluding carboxylic acids is 3. The first kappa shape index (κ1) is 42.6. The Kier molecular flexibility index (Phi) is 14.8. The number of hydrogen-bond acceptors (Lipinski definition) is 11. The van der Waals surface area contributed by atoms with Gasteiger partial charge < -0.3 is 33.7 Å². The first-order valence-electron chi connectivity index (χ1n) is 19.0. The van der Waals surface area contributed by atoms with E-state index in [0.717, 1.165) is 17.7 Å². The maximum absolute atomic E-state index is 14.6. The molecule has 10 nitrogen and oxygen atoms in total. The summed E-state index contributed by atoms with van der Waals surface area (Å²) in [5.74, 6) is -3.51. The Morgan fingerprint density at radius 2 is 1.69 bits per heavy atom. The van der Waals surface area contributed by atoms with Gasteiger partial charge in [-0.1, -0.05) is 58.0 Å². The number of cyclic esters (lactones) is 1. The van der Waals surface area contributed by atoms with E-state index in [0.29, 0.717) is 19.4 Å². The number of rotatable bonds is 9. The van der Waals surface area contributed by atoms with Crippen LogP contribution in [0.3, 0.4) is 0 Å². The van der Waals surface area contributed by atoms with Gasteiger partial charge in [-0.25, -0.2) is 0 Å². The molecule has 3 heterocycles. The van der Waals surface area contributed by atoms with E-state index in [1.165, 1.54) is 5.56 Å². The third-order valence-corrected chi connectivity index (χ3v) is 12.8. The fraction of sp³-hybridized carbons (Fsp3) is 0.732. The van der Waals surface area contributed by atoms with Crippen LogP contribution in [0.2, 0.25) is 0 Å². The molecule has 4 rings (SSSR count). The highest BCUT2D eigenvalue weighted by molar-refractivity contribution is 8.02. The average molecular weight is 746 g/mol. The highest BCUT2D eigenvalue weighted by Gasteiger charge is 2.56. The van der Waals surface area contributed by atoms with Crippen LogP contribution in [-0.2, 0) is 44.5 Å². The lowest BCUT2D eigenvalue weighted by Gasteiger charge is -2.47. The number of nitrogens with zero attached hydrogens (tertiary/aromatic N) is 1. The Balaban J connectivity index is 1.72. The van der Waals surface area contributed by atoms with Crippen molar-refractivity contribution in [1.82, 2.24) is 4.90 Å². The van der Waals surface area contributed by atoms with Crippen molar-refractivity contribution in [3.8, 4) is 0 Å². The molecule has 3 aliphatic rings. The van der Waals surface area contributed by atoms with Gasteiger partial charge in [0, 0.05) is 42.6 Å². The average Bonchev–Trinajstić information content (AvgIpc) is 3.46. The third-order valence-electron chi connectivity index (χ3n) is 11.9. The number of likely N-dealkylation sites (N-methyl/N-ethyl adjacent to an activating group) is 1. The number of aryl methyl sites for hydroxylation is 1. The summed E-state index contributed by atoms with van der Waals surface area (Å²) in [6.07, 6.45) is -1.79. The predicted octanol–water partition coefficient (Wildman–Crippen LogP) is 5.88. The van der Waals surface area contributed by atoms with E-state index in [9.17, 15) is 19.5 Å². The summed E-state index contributed by atoms with van der Waals surface area (Å²) in [4.78, 5) is 44.7. The Bertz CT molecular complexity index is 1410. The molecule has 3 saturated heterocycles. The molecule has 0 saturated carbocycles. The number of fused-ring (bicyclic) bond motifs is 1. The molecule has 6 unspecified atom stereocenters. The molecule has 0 spiro atoms. The molecule has 1 aromatic rings. The SMILES string of the molecule is CCC1OC(=O)[C@H](C)C(=O)[C@H](C)[C@@H](O[C@H]2O[C@@H](C)CC(N(C)C)[C@@H]2O)C(C)(OC)CC(C)C(=O)C(C)C2/C(=C/SCCc3ccccc3)CO[C@]12C. The molecule has 13 atom stereocenters. The summed E-state index contributed by atoms with van der Waals surface area (Å²) in [6.45, 7) is 15.0. The van der Waals surface area contributed by atoms with E-state index >= 15 is 0 Å². The van der Waals surface area contributed by atoms with Crippen LogP contribution in [-0.4, -0.2) is 109 Å². The molecule has 292 valence electrons. The monoisotopic (exact) mass is 745 g/mol. The molecular weight excluding hydrogens is 683 g/mol. The Hall–Kier alpha value is -2.12. The first-order chi connectivity index (χ1) is 24.5. The second kappa shape index (κ2) is 18.0. The number of carbonyl (C=O) groups is 3. The standard InChI is InChI=1S/C41H63NO9S/c1-12-32-41(8)33(30(22-48-41)23-52-19-18-29-16-14-13-15-17-29)26(4)34(43)24(2)21-40(7,47-11)37(27(5)35(44)28(6)38(46)50-32)51-39-36(45)31(42(9)10)20-25(3)49-39/h13-17,23-28,31-33,36-37,39,45H,12,18-22H2,1-11H3/b30-23+/t24?,25-,26?,27-,28+,31?,32?,33?,36-,37+,39+,40?,41+/m0/s1. The molecule has 0 bridgehead atoms. The van der Waals surface area contributed by atoms with Gasteiger partial charge in [-0.2, -0.15) is 0 Å². The number of aliphatic hydroxyl groups is 1. The van der Waals surface area contributed by atoms with Crippen LogP contribution in [0.4, 0.5) is 0 Å². The number of ketones is 2. The van der Waals surface area contributed by atoms with Crippen LogP contribution in [0.25, 0.3) is 0 Å². The van der Waals surface area contributed by atoms with Gasteiger partial charge in [0.05, 0.1) is 24.4 Å². The van der Waals surface area contributed by atoms with Crippen molar-refractivity contribution in [3.63, 3.8) is 0 Å². The summed E-state index contributed by atoms with van der Waals surface area (Å²) in [5, 5.41) is 13.5. The Morgan fingerprint density at radius 3 is 2.31 bits per heavy atom. The highest BCUT2D eigenvalue weighted by Crippen LogP contribution is 2.47. The van der Waals surface area contributed by atoms with Crippen molar-refractivity contribution in [2.24, 2.45) is 29.6 Å². The van der Waals surface area contributed by atoms with E-state index in [1.807, 2.05) is 78.7 Å². The first-order valence-corrected chi connectivity index (χ1v) is 20.0. The van der Waals surface area contributed by atoms with Gasteiger partial charge in [-0.3, -0.25) is 14.4 Å². The summed E-state index contributed by atoms with van der Waals surface area (Å²) < 4.78 is 31.7. The number of hydrogen-bond donors (Lipinski definition) is 1. The lowest BCUT2D eigenvalue weighted by Crippen LogP contribution is -2.59. The second-order valence-corrected chi connectivity index (χ2v) is 16.9. The molecular formula is C41H63NO9S. The zero-order chi connectivity index (χ0) is 38.5. The number of benzene rings is 1. The van der Waals surface area contributed by atoms with Gasteiger partial charge in [0.2, 0.25) is 0 Å². The van der Waals surface area contributed by atoms with Crippen LogP contribution in [0.5, 0.6) is 0 Å². The van der Waals surface area contributed by atoms with Crippen LogP contribution < -0.4 is 0 Å². The fourth-order valence-electron chi connectivity index (χ4n) is 8.73. The van der Waals surface area contributed by atoms with Crippen LogP contribution >= 0.6 is 11.8 Å². The zero-order valence-electron chi connectivity index (χ0n) is 33.1. The van der Waals surface area contributed by atoms with E-state index in [-0.39, 0.29) is 36.1 Å². The van der Waals surface area contributed by atoms with Crippen LogP contribution in [0, 0.1) is 29.6 Å². The minimum absolute atomic E-state index is 0.0183. The smallest absolute Gasteiger partial charge is 0.316 e. The Morgan fingerprint density at radius 1 is 1.02 bits per heavy atom. The molecule has 0 amide bonds. The lowest BCUT2D eigenvalue weighted by atomic mass is 9.69. The maximum atomic E-state index is 14.6. The van der Waals surface area contributed by atoms with Gasteiger partial charge in [-0.15, -0.1) is 11.8 Å². The topological polar surface area (TPSA) is 121 Å². The third kappa shape index (κ3) is 9.21. The number of esters is 1. The summed E-state index contributed by atoms with van der Waals surface area (Å²) in [5.41, 5.74) is 0.0833. The summed E-state index contributed by atoms with van der Waals surface area (Å²) >= 11 is 1.69. The van der Waals surface area contributed by atoms with Gasteiger partial charge in [0.25, 0.3) is 0 Å². The summed E-state index contributed by atoms with van der Waals surface area (Å²) in [6, 6.07) is 10.1. The van der Waals surface area contributed by atoms with Gasteiger partial charge in [0.1, 0.15) is 29.5 Å². The van der Waals surface area contributed by atoms with Crippen molar-refractivity contribution < 1.29 is 43.2 Å². The predicted molar refractivity (Wildman–Crippen MR) is 203 cm³/mol. The van der Waals surface area contributed by atoms with E-state index < -0.39 is 65.4 Å². The summed E-state index contributed by atoms with van der Waals surface area (Å²) in [7, 11) is 5.33. The number of Topliss-reactive ketones (excluding diaryl/α,β-unsaturated/α-hetero) is 2. The van der Waals surface area contributed by atoms with Crippen molar-refractivity contribution >= 4 is 29.3 Å². The molecule has 3 fully saturated rings. The Labute approximate surface area is 315 Å². The van der Waals surface area contributed by atoms with E-state index in [4.69, 9.17) is 23.7 Å². The van der Waals surface area contributed by atoms with Crippen LogP contribution in [0.1, 0.15) is 80.2 Å². The van der Waals surface area contributed by atoms with Crippen molar-refractivity contribution in [2.45, 2.75) is 129 Å². The molecule has 52 heavy (non-hydrogen) atoms. The fourth-order valence-corrected chi connectivity index (χ4v) is 9.63. The molecule has 0 radical (unpaired) electrons. The maximum Gasteiger partial charge on any atom is 0.316 e. The highest BCUT2D eigenvalue weighted by atomic mass is 32.2. The van der Waals surface area contributed by atoms with E-state index in [1.54, 1.807) is 32.7 Å². The van der Waals surface area contributed by atoms with Gasteiger partial charge in [0.15, 0.2) is 12.1 Å². The normalized spacial score (nSPS) is 40.4. The van der Waals surface area contributed by atoms with Crippen molar-refractivity contribution in [1.29, 1.82) is 0 Å². The van der Waals surface area contributed by atoms with Crippen molar-refractivity contribution in [3.05, 3.63) is 46.9 Å². The van der Waals surface area contributed by atoms with Gasteiger partial charge in [-0.05, 0) is 84.0 Å². The van der Waals surface area contributed by atoms with Crippen LogP contribution in [0.15, 0.2) is 41.3 Å². The molecule has 3 aliphatic heterocycles. The number of aliphatic hydroxyl groups excluding tert-OH is 1. The quantitative estimate of drug-likeness (QED) is 0.186. The number of thioether (sulfide) groups is 1. The molecule has 1 N–H and O–H groups in total. The van der Waals surface area contributed by atoms with Crippen molar-refractivity contribution in [2.75, 3.05) is 33.6 Å². The number of ether oxygens (including phenoxy) is 5. The molecule has 1 aromatic carbocycles.